The van der Waals surface area contributed by atoms with Crippen LogP contribution < -0.4 is 4.74 Å². The maximum atomic E-state index is 15.0. The number of esters is 2. The van der Waals surface area contributed by atoms with Gasteiger partial charge < -0.3 is 19.3 Å². The van der Waals surface area contributed by atoms with Gasteiger partial charge >= 0.3 is 11.9 Å². The molecule has 1 heterocycles. The van der Waals surface area contributed by atoms with Crippen LogP contribution in [0.5, 0.6) is 11.5 Å². The summed E-state index contributed by atoms with van der Waals surface area (Å²) in [5.41, 5.74) is -0.787. The molecule has 0 bridgehead atoms. The fraction of sp³-hybridized carbons (Fsp3) is 0.385. The average Bonchev–Trinajstić information content (AvgIpc) is 3.06. The Kier molecular flexibility index (Phi) is 6.73. The lowest BCUT2D eigenvalue weighted by Crippen LogP contribution is -2.29. The molecule has 0 saturated carbocycles. The van der Waals surface area contributed by atoms with Crippen molar-refractivity contribution in [3.63, 3.8) is 0 Å². The van der Waals surface area contributed by atoms with Gasteiger partial charge in [-0.25, -0.2) is 13.6 Å². The summed E-state index contributed by atoms with van der Waals surface area (Å²) in [7, 11) is 0. The minimum absolute atomic E-state index is 0.163. The van der Waals surface area contributed by atoms with E-state index in [9.17, 15) is 19.1 Å². The van der Waals surface area contributed by atoms with Crippen molar-refractivity contribution in [1.29, 1.82) is 0 Å². The largest absolute Gasteiger partial charge is 0.505 e. The van der Waals surface area contributed by atoms with Crippen molar-refractivity contribution >= 4 is 18.0 Å². The standard InChI is InChI=1S/C26H28F2O6/c1-25(2,3)33-20(30)10-7-14-11-16-21(24(31)34-26(4,5)6)22(32-23(16)18(28)12-14)15-8-9-19(29)17(27)13-15/h7-13,21-22,29H,1-6H3/b10-7+/t21-,22+/m0/s1. The van der Waals surface area contributed by atoms with Crippen LogP contribution in [-0.2, 0) is 19.1 Å². The first kappa shape index (κ1) is 25.2. The summed E-state index contributed by atoms with van der Waals surface area (Å²) >= 11 is 0. The second-order valence-electron chi connectivity index (χ2n) is 10.0. The highest BCUT2D eigenvalue weighted by Gasteiger charge is 2.44. The van der Waals surface area contributed by atoms with Gasteiger partial charge in [-0.15, -0.1) is 0 Å². The van der Waals surface area contributed by atoms with Gasteiger partial charge in [0, 0.05) is 11.6 Å². The lowest BCUT2D eigenvalue weighted by Gasteiger charge is -2.25. The smallest absolute Gasteiger partial charge is 0.331 e. The summed E-state index contributed by atoms with van der Waals surface area (Å²) in [4.78, 5) is 25.2. The third-order valence-corrected chi connectivity index (χ3v) is 4.76. The Balaban J connectivity index is 2.03. The zero-order valence-corrected chi connectivity index (χ0v) is 19.9. The van der Waals surface area contributed by atoms with Gasteiger partial charge in [0.15, 0.2) is 23.1 Å². The van der Waals surface area contributed by atoms with Gasteiger partial charge in [0.2, 0.25) is 0 Å². The van der Waals surface area contributed by atoms with Gasteiger partial charge in [0.05, 0.1) is 0 Å². The minimum atomic E-state index is -1.11. The number of carbonyl (C=O) groups excluding carboxylic acids is 2. The molecule has 34 heavy (non-hydrogen) atoms. The number of ether oxygens (including phenoxy) is 3. The molecule has 6 nitrogen and oxygen atoms in total. The van der Waals surface area contributed by atoms with E-state index in [1.165, 1.54) is 18.2 Å². The van der Waals surface area contributed by atoms with Crippen molar-refractivity contribution < 1.29 is 37.7 Å². The van der Waals surface area contributed by atoms with E-state index >= 15 is 4.39 Å². The van der Waals surface area contributed by atoms with Crippen molar-refractivity contribution in [2.24, 2.45) is 0 Å². The van der Waals surface area contributed by atoms with Crippen molar-refractivity contribution in [3.8, 4) is 11.5 Å². The first-order valence-corrected chi connectivity index (χ1v) is 10.8. The summed E-state index contributed by atoms with van der Waals surface area (Å²) in [6.45, 7) is 10.3. The number of hydrogen-bond acceptors (Lipinski definition) is 6. The average molecular weight is 475 g/mol. The van der Waals surface area contributed by atoms with Gasteiger partial charge in [-0.3, -0.25) is 4.79 Å². The minimum Gasteiger partial charge on any atom is -0.505 e. The van der Waals surface area contributed by atoms with Crippen LogP contribution in [0.25, 0.3) is 6.08 Å². The van der Waals surface area contributed by atoms with Gasteiger partial charge in [-0.1, -0.05) is 6.07 Å². The van der Waals surface area contributed by atoms with E-state index in [0.717, 1.165) is 24.3 Å². The van der Waals surface area contributed by atoms with Crippen molar-refractivity contribution in [1.82, 2.24) is 0 Å². The Morgan fingerprint density at radius 2 is 1.62 bits per heavy atom. The second kappa shape index (κ2) is 9.08. The van der Waals surface area contributed by atoms with Gasteiger partial charge in [0.1, 0.15) is 23.2 Å². The summed E-state index contributed by atoms with van der Waals surface area (Å²) in [6.07, 6.45) is 1.45. The van der Waals surface area contributed by atoms with Crippen LogP contribution in [0.1, 0.15) is 70.3 Å². The molecule has 0 fully saturated rings. The highest BCUT2D eigenvalue weighted by Crippen LogP contribution is 2.49. The Labute approximate surface area is 197 Å². The Morgan fingerprint density at radius 3 is 2.21 bits per heavy atom. The number of phenolic OH excluding ortho intramolecular Hbond substituents is 1. The first-order valence-electron chi connectivity index (χ1n) is 10.8. The Hall–Kier alpha value is -3.42. The predicted molar refractivity (Wildman–Crippen MR) is 121 cm³/mol. The normalized spacial score (nSPS) is 17.9. The number of halogens is 2. The lowest BCUT2D eigenvalue weighted by molar-refractivity contribution is -0.158. The van der Waals surface area contributed by atoms with Crippen LogP contribution in [0.4, 0.5) is 8.78 Å². The topological polar surface area (TPSA) is 82.1 Å². The molecule has 182 valence electrons. The molecule has 0 spiro atoms. The zero-order chi connectivity index (χ0) is 25.4. The van der Waals surface area contributed by atoms with Crippen LogP contribution in [0.15, 0.2) is 36.4 Å². The number of hydrogen-bond donors (Lipinski definition) is 1. The lowest BCUT2D eigenvalue weighted by atomic mass is 9.89. The molecule has 2 atom stereocenters. The van der Waals surface area contributed by atoms with Gasteiger partial charge in [-0.05, 0) is 83.0 Å². The van der Waals surface area contributed by atoms with Crippen LogP contribution in [0.2, 0.25) is 0 Å². The number of rotatable bonds is 4. The van der Waals surface area contributed by atoms with E-state index in [1.54, 1.807) is 41.5 Å². The number of aromatic hydroxyl groups is 1. The highest BCUT2D eigenvalue weighted by atomic mass is 19.1. The highest BCUT2D eigenvalue weighted by molar-refractivity contribution is 5.88. The molecule has 2 aromatic carbocycles. The molecule has 1 N–H and O–H groups in total. The maximum absolute atomic E-state index is 15.0. The molecule has 0 saturated heterocycles. The van der Waals surface area contributed by atoms with E-state index in [-0.39, 0.29) is 16.9 Å². The zero-order valence-electron chi connectivity index (χ0n) is 19.9. The van der Waals surface area contributed by atoms with E-state index < -0.39 is 52.5 Å². The van der Waals surface area contributed by atoms with Crippen LogP contribution >= 0.6 is 0 Å². The van der Waals surface area contributed by atoms with Crippen molar-refractivity contribution in [2.45, 2.75) is 64.8 Å². The third-order valence-electron chi connectivity index (χ3n) is 4.76. The third kappa shape index (κ3) is 5.92. The van der Waals surface area contributed by atoms with E-state index in [1.807, 2.05) is 0 Å². The number of carbonyl (C=O) groups is 2. The fourth-order valence-electron chi connectivity index (χ4n) is 3.52. The van der Waals surface area contributed by atoms with E-state index in [2.05, 4.69) is 0 Å². The fourth-order valence-corrected chi connectivity index (χ4v) is 3.52. The van der Waals surface area contributed by atoms with Crippen molar-refractivity contribution in [2.75, 3.05) is 0 Å². The molecule has 0 unspecified atom stereocenters. The quantitative estimate of drug-likeness (QED) is 0.460. The number of fused-ring (bicyclic) bond motifs is 1. The number of benzene rings is 2. The van der Waals surface area contributed by atoms with Crippen LogP contribution in [0, 0.1) is 11.6 Å². The van der Waals surface area contributed by atoms with Gasteiger partial charge in [-0.2, -0.15) is 0 Å². The van der Waals surface area contributed by atoms with Crippen LogP contribution in [0.3, 0.4) is 0 Å². The summed E-state index contributed by atoms with van der Waals surface area (Å²) in [5, 5.41) is 9.53. The molecule has 0 radical (unpaired) electrons. The molecule has 0 amide bonds. The first-order chi connectivity index (χ1) is 15.6. The van der Waals surface area contributed by atoms with Crippen LogP contribution in [-0.4, -0.2) is 28.2 Å². The number of phenols is 1. The van der Waals surface area contributed by atoms with Crippen molar-refractivity contribution in [3.05, 3.63) is 64.7 Å². The Morgan fingerprint density at radius 1 is 0.971 bits per heavy atom. The predicted octanol–water partition coefficient (Wildman–Crippen LogP) is 5.58. The Bertz CT molecular complexity index is 1140. The summed E-state index contributed by atoms with van der Waals surface area (Å²) < 4.78 is 45.6. The molecule has 0 aromatic heterocycles. The molecule has 2 aromatic rings. The van der Waals surface area contributed by atoms with E-state index in [4.69, 9.17) is 14.2 Å². The molecule has 1 aliphatic rings. The van der Waals surface area contributed by atoms with E-state index in [0.29, 0.717) is 5.56 Å². The monoisotopic (exact) mass is 474 g/mol. The molecule has 1 aliphatic heterocycles. The summed E-state index contributed by atoms with van der Waals surface area (Å²) in [5.74, 6) is -4.78. The molecular weight excluding hydrogens is 446 g/mol. The molecule has 8 heteroatoms. The molecule has 0 aliphatic carbocycles. The second-order valence-corrected chi connectivity index (χ2v) is 10.0. The SMILES string of the molecule is CC(C)(C)OC(=O)/C=C/c1cc(F)c2c(c1)[C@H](C(=O)OC(C)(C)C)[C@@H](c1ccc(O)c(F)c1)O2. The van der Waals surface area contributed by atoms with Gasteiger partial charge in [0.25, 0.3) is 0 Å². The summed E-state index contributed by atoms with van der Waals surface area (Å²) in [6, 6.07) is 6.24. The maximum Gasteiger partial charge on any atom is 0.331 e. The molecular formula is C26H28F2O6. The molecule has 3 rings (SSSR count).